The van der Waals surface area contributed by atoms with Crippen molar-refractivity contribution in [2.75, 3.05) is 13.1 Å². The Bertz CT molecular complexity index is 1100. The zero-order chi connectivity index (χ0) is 20.4. The Kier molecular flexibility index (Phi) is 5.07. The van der Waals surface area contributed by atoms with E-state index in [0.29, 0.717) is 30.5 Å². The molecule has 0 aliphatic carbocycles. The molecule has 0 saturated heterocycles. The number of carbonyl (C=O) groups excluding carboxylic acids is 3. The molecule has 8 heteroatoms. The van der Waals surface area contributed by atoms with Gasteiger partial charge in [-0.15, -0.1) is 10.2 Å². The number of fused-ring (bicyclic) bond motifs is 2. The lowest BCUT2D eigenvalue weighted by atomic mass is 10.1. The predicted molar refractivity (Wildman–Crippen MR) is 105 cm³/mol. The van der Waals surface area contributed by atoms with Crippen molar-refractivity contribution in [3.8, 4) is 0 Å². The standard InChI is InChI=1S/C21H21N5O3/c1-14-7-8-15-16(13-14)21(29)26(20(15)28)12-4-6-19(27)22-10-9-18-24-23-17-5-2-3-11-25(17)18/h2-3,5,7-8,11,13H,4,6,9-10,12H2,1H3,(H,22,27). The topological polar surface area (TPSA) is 96.7 Å². The highest BCUT2D eigenvalue weighted by Crippen LogP contribution is 2.24. The van der Waals surface area contributed by atoms with Gasteiger partial charge in [0, 0.05) is 32.1 Å². The average molecular weight is 391 g/mol. The maximum Gasteiger partial charge on any atom is 0.261 e. The average Bonchev–Trinajstić information content (AvgIpc) is 3.22. The van der Waals surface area contributed by atoms with Crippen molar-refractivity contribution in [2.45, 2.75) is 26.2 Å². The van der Waals surface area contributed by atoms with Crippen LogP contribution in [0.25, 0.3) is 5.65 Å². The summed E-state index contributed by atoms with van der Waals surface area (Å²) in [6.45, 7) is 2.56. The first kappa shape index (κ1) is 18.8. The first-order valence-corrected chi connectivity index (χ1v) is 9.57. The van der Waals surface area contributed by atoms with Crippen LogP contribution in [0, 0.1) is 6.92 Å². The molecule has 3 aromatic rings. The van der Waals surface area contributed by atoms with Crippen molar-refractivity contribution >= 4 is 23.4 Å². The first-order valence-electron chi connectivity index (χ1n) is 9.57. The molecule has 1 aliphatic rings. The summed E-state index contributed by atoms with van der Waals surface area (Å²) >= 11 is 0. The molecule has 0 radical (unpaired) electrons. The molecule has 2 aromatic heterocycles. The summed E-state index contributed by atoms with van der Waals surface area (Å²) in [5.41, 5.74) is 2.59. The lowest BCUT2D eigenvalue weighted by Crippen LogP contribution is -2.32. The van der Waals surface area contributed by atoms with Gasteiger partial charge >= 0.3 is 0 Å². The highest BCUT2D eigenvalue weighted by atomic mass is 16.2. The van der Waals surface area contributed by atoms with E-state index in [2.05, 4.69) is 15.5 Å². The summed E-state index contributed by atoms with van der Waals surface area (Å²) in [7, 11) is 0. The number of carbonyl (C=O) groups is 3. The van der Waals surface area contributed by atoms with Crippen LogP contribution < -0.4 is 5.32 Å². The Morgan fingerprint density at radius 3 is 2.76 bits per heavy atom. The molecule has 29 heavy (non-hydrogen) atoms. The molecule has 1 aromatic carbocycles. The van der Waals surface area contributed by atoms with Crippen molar-refractivity contribution in [2.24, 2.45) is 0 Å². The van der Waals surface area contributed by atoms with E-state index in [-0.39, 0.29) is 30.7 Å². The molecule has 1 N–H and O–H groups in total. The third kappa shape index (κ3) is 3.73. The molecular formula is C21H21N5O3. The van der Waals surface area contributed by atoms with E-state index in [9.17, 15) is 14.4 Å². The number of aromatic nitrogens is 3. The molecule has 3 heterocycles. The Morgan fingerprint density at radius 2 is 1.90 bits per heavy atom. The molecule has 1 aliphatic heterocycles. The fourth-order valence-electron chi connectivity index (χ4n) is 3.47. The van der Waals surface area contributed by atoms with Gasteiger partial charge in [-0.05, 0) is 37.6 Å². The Morgan fingerprint density at radius 1 is 1.07 bits per heavy atom. The van der Waals surface area contributed by atoms with Crippen LogP contribution in [-0.2, 0) is 11.2 Å². The van der Waals surface area contributed by atoms with Crippen LogP contribution in [0.3, 0.4) is 0 Å². The number of nitrogens with zero attached hydrogens (tertiary/aromatic N) is 4. The maximum absolute atomic E-state index is 12.4. The van der Waals surface area contributed by atoms with Gasteiger partial charge in [0.2, 0.25) is 5.91 Å². The Hall–Kier alpha value is -3.55. The quantitative estimate of drug-likeness (QED) is 0.619. The third-order valence-corrected chi connectivity index (χ3v) is 4.97. The number of rotatable bonds is 7. The molecule has 4 rings (SSSR count). The molecule has 0 bridgehead atoms. The summed E-state index contributed by atoms with van der Waals surface area (Å²) in [6, 6.07) is 10.9. The molecule has 0 fully saturated rings. The van der Waals surface area contributed by atoms with Crippen LogP contribution >= 0.6 is 0 Å². The molecule has 0 atom stereocenters. The van der Waals surface area contributed by atoms with Crippen LogP contribution in [0.5, 0.6) is 0 Å². The summed E-state index contributed by atoms with van der Waals surface area (Å²) in [6.07, 6.45) is 3.11. The van der Waals surface area contributed by atoms with Crippen LogP contribution in [0.2, 0.25) is 0 Å². The second kappa shape index (κ2) is 7.83. The van der Waals surface area contributed by atoms with E-state index in [0.717, 1.165) is 17.0 Å². The third-order valence-electron chi connectivity index (χ3n) is 4.97. The lowest BCUT2D eigenvalue weighted by molar-refractivity contribution is -0.121. The van der Waals surface area contributed by atoms with Crippen molar-refractivity contribution in [3.63, 3.8) is 0 Å². The normalized spacial score (nSPS) is 13.2. The zero-order valence-corrected chi connectivity index (χ0v) is 16.1. The minimum atomic E-state index is -0.288. The second-order valence-electron chi connectivity index (χ2n) is 7.06. The number of nitrogens with one attached hydrogen (secondary N) is 1. The molecule has 0 saturated carbocycles. The van der Waals surface area contributed by atoms with Crippen LogP contribution in [-0.4, -0.2) is 50.3 Å². The maximum atomic E-state index is 12.4. The van der Waals surface area contributed by atoms with Gasteiger partial charge in [-0.1, -0.05) is 17.7 Å². The largest absolute Gasteiger partial charge is 0.356 e. The minimum Gasteiger partial charge on any atom is -0.356 e. The molecule has 3 amide bonds. The molecule has 0 unspecified atom stereocenters. The van der Waals surface area contributed by atoms with Crippen LogP contribution in [0.15, 0.2) is 42.6 Å². The molecule has 148 valence electrons. The van der Waals surface area contributed by atoms with Crippen molar-refractivity contribution in [3.05, 3.63) is 65.1 Å². The van der Waals surface area contributed by atoms with Crippen molar-refractivity contribution in [1.82, 2.24) is 24.8 Å². The van der Waals surface area contributed by atoms with E-state index in [1.54, 1.807) is 12.1 Å². The van der Waals surface area contributed by atoms with Gasteiger partial charge in [-0.3, -0.25) is 23.7 Å². The number of amides is 3. The monoisotopic (exact) mass is 391 g/mol. The van der Waals surface area contributed by atoms with Crippen LogP contribution in [0.1, 0.15) is 44.9 Å². The SMILES string of the molecule is Cc1ccc2c(c1)C(=O)N(CCCC(=O)NCCc1nnc3ccccn13)C2=O. The number of benzene rings is 1. The van der Waals surface area contributed by atoms with Gasteiger partial charge in [0.1, 0.15) is 5.82 Å². The molecular weight excluding hydrogens is 370 g/mol. The van der Waals surface area contributed by atoms with E-state index in [1.807, 2.05) is 41.8 Å². The van der Waals surface area contributed by atoms with Crippen molar-refractivity contribution < 1.29 is 14.4 Å². The molecule has 0 spiro atoms. The highest BCUT2D eigenvalue weighted by molar-refractivity contribution is 6.21. The van der Waals surface area contributed by atoms with Gasteiger partial charge in [-0.2, -0.15) is 0 Å². The predicted octanol–water partition coefficient (Wildman–Crippen LogP) is 1.77. The smallest absolute Gasteiger partial charge is 0.261 e. The minimum absolute atomic E-state index is 0.119. The number of hydrogen-bond acceptors (Lipinski definition) is 5. The van der Waals surface area contributed by atoms with Crippen molar-refractivity contribution in [1.29, 1.82) is 0 Å². The highest BCUT2D eigenvalue weighted by Gasteiger charge is 2.34. The van der Waals surface area contributed by atoms with E-state index in [1.165, 1.54) is 4.90 Å². The first-order chi connectivity index (χ1) is 14.0. The summed E-state index contributed by atoms with van der Waals surface area (Å²) in [5.74, 6) is 0.0883. The number of hydrogen-bond donors (Lipinski definition) is 1. The Balaban J connectivity index is 1.23. The zero-order valence-electron chi connectivity index (χ0n) is 16.1. The van der Waals surface area contributed by atoms with Gasteiger partial charge in [-0.25, -0.2) is 0 Å². The lowest BCUT2D eigenvalue weighted by Gasteiger charge is -2.13. The van der Waals surface area contributed by atoms with Crippen LogP contribution in [0.4, 0.5) is 0 Å². The Labute approximate surface area is 167 Å². The van der Waals surface area contributed by atoms with Gasteiger partial charge in [0.25, 0.3) is 11.8 Å². The van der Waals surface area contributed by atoms with E-state index >= 15 is 0 Å². The molecule has 8 nitrogen and oxygen atoms in total. The van der Waals surface area contributed by atoms with Gasteiger partial charge in [0.15, 0.2) is 5.65 Å². The summed E-state index contributed by atoms with van der Waals surface area (Å²) in [5, 5.41) is 11.1. The van der Waals surface area contributed by atoms with Gasteiger partial charge in [0.05, 0.1) is 11.1 Å². The number of imide groups is 1. The fraction of sp³-hybridized carbons (Fsp3) is 0.286. The second-order valence-corrected chi connectivity index (χ2v) is 7.06. The van der Waals surface area contributed by atoms with E-state index < -0.39 is 0 Å². The van der Waals surface area contributed by atoms with E-state index in [4.69, 9.17) is 0 Å². The summed E-state index contributed by atoms with van der Waals surface area (Å²) < 4.78 is 1.89. The van der Waals surface area contributed by atoms with Gasteiger partial charge < -0.3 is 5.32 Å². The number of aryl methyl sites for hydroxylation is 1. The summed E-state index contributed by atoms with van der Waals surface area (Å²) in [4.78, 5) is 38.1. The fourth-order valence-corrected chi connectivity index (χ4v) is 3.47. The number of pyridine rings is 1.